The third-order valence-electron chi connectivity index (χ3n) is 3.41. The summed E-state index contributed by atoms with van der Waals surface area (Å²) in [4.78, 5) is 2.09. The number of nitrogens with one attached hydrogen (secondary N) is 1. The Labute approximate surface area is 111 Å². The van der Waals surface area contributed by atoms with Gasteiger partial charge in [-0.15, -0.1) is 0 Å². The summed E-state index contributed by atoms with van der Waals surface area (Å²) in [5.41, 5.74) is 8.23. The molecule has 1 aromatic rings. The van der Waals surface area contributed by atoms with Crippen molar-refractivity contribution < 1.29 is 12.9 Å². The van der Waals surface area contributed by atoms with Gasteiger partial charge in [0.1, 0.15) is 0 Å². The van der Waals surface area contributed by atoms with E-state index in [-0.39, 0.29) is 5.56 Å². The minimum absolute atomic E-state index is 0.254. The Morgan fingerprint density at radius 1 is 1.26 bits per heavy atom. The average molecular weight is 272 g/mol. The summed E-state index contributed by atoms with van der Waals surface area (Å²) in [7, 11) is 0. The van der Waals surface area contributed by atoms with E-state index in [1.807, 2.05) is 6.92 Å². The van der Waals surface area contributed by atoms with Gasteiger partial charge in [0.2, 0.25) is 0 Å². The van der Waals surface area contributed by atoms with Gasteiger partial charge in [-0.05, 0) is 24.6 Å². The highest BCUT2D eigenvalue weighted by atomic mass is 19.4. The zero-order valence-corrected chi connectivity index (χ0v) is 10.9. The number of anilines is 2. The lowest BCUT2D eigenvalue weighted by Gasteiger charge is -2.32. The monoisotopic (exact) mass is 272 g/mol. The molecular formula is C12H18BF3N3-. The van der Waals surface area contributed by atoms with Crippen LogP contribution >= 0.6 is 0 Å². The maximum absolute atomic E-state index is 12.5. The largest absolute Gasteiger partial charge is 0.482 e. The van der Waals surface area contributed by atoms with Crippen LogP contribution in [0.5, 0.6) is 0 Å². The minimum atomic E-state index is -4.83. The number of nitrogens with two attached hydrogens (primary N) is 1. The fourth-order valence-electron chi connectivity index (χ4n) is 2.40. The zero-order chi connectivity index (χ0) is 14.0. The molecule has 2 rings (SSSR count). The predicted octanol–water partition coefficient (Wildman–Crippen LogP) is 1.92. The summed E-state index contributed by atoms with van der Waals surface area (Å²) in [6, 6.07) is 3.07. The van der Waals surface area contributed by atoms with Gasteiger partial charge in [-0.25, -0.2) is 0 Å². The lowest BCUT2D eigenvalue weighted by atomic mass is 9.81. The van der Waals surface area contributed by atoms with Crippen molar-refractivity contribution >= 4 is 18.4 Å². The molecule has 0 unspecified atom stereocenters. The van der Waals surface area contributed by atoms with Crippen LogP contribution in [0.3, 0.4) is 0 Å². The summed E-state index contributed by atoms with van der Waals surface area (Å²) in [5, 5.41) is 3.22. The first-order valence-electron chi connectivity index (χ1n) is 6.42. The quantitative estimate of drug-likeness (QED) is 0.652. The van der Waals surface area contributed by atoms with Gasteiger partial charge in [-0.2, -0.15) is 0 Å². The number of nitrogens with zero attached hydrogens (tertiary/aromatic N) is 1. The van der Waals surface area contributed by atoms with Crippen molar-refractivity contribution in [2.45, 2.75) is 13.2 Å². The van der Waals surface area contributed by atoms with Crippen LogP contribution < -0.4 is 16.0 Å². The molecular weight excluding hydrogens is 254 g/mol. The third kappa shape index (κ3) is 3.56. The fraction of sp³-hybridized carbons (Fsp3) is 0.500. The van der Waals surface area contributed by atoms with Crippen LogP contribution in [-0.4, -0.2) is 33.2 Å². The molecule has 7 heteroatoms. The third-order valence-corrected chi connectivity index (χ3v) is 3.41. The van der Waals surface area contributed by atoms with Gasteiger partial charge in [0.05, 0.1) is 0 Å². The number of benzene rings is 1. The summed E-state index contributed by atoms with van der Waals surface area (Å²) in [5.74, 6) is 0. The van der Waals surface area contributed by atoms with Crippen LogP contribution in [0.4, 0.5) is 24.3 Å². The maximum Gasteiger partial charge on any atom is 0.482 e. The van der Waals surface area contributed by atoms with E-state index in [2.05, 4.69) is 10.2 Å². The molecule has 0 aliphatic carbocycles. The van der Waals surface area contributed by atoms with Crippen LogP contribution in [-0.2, 0) is 6.32 Å². The van der Waals surface area contributed by atoms with E-state index in [0.29, 0.717) is 5.69 Å². The van der Waals surface area contributed by atoms with E-state index in [4.69, 9.17) is 5.73 Å². The molecule has 19 heavy (non-hydrogen) atoms. The molecule has 1 aromatic carbocycles. The van der Waals surface area contributed by atoms with Crippen molar-refractivity contribution in [2.24, 2.45) is 0 Å². The number of nitrogen functional groups attached to an aromatic ring is 1. The first kappa shape index (κ1) is 14.1. The second kappa shape index (κ2) is 5.32. The Bertz CT molecular complexity index is 456. The van der Waals surface area contributed by atoms with E-state index < -0.39 is 13.3 Å². The highest BCUT2D eigenvalue weighted by Gasteiger charge is 2.24. The summed E-state index contributed by atoms with van der Waals surface area (Å²) < 4.78 is 37.6. The Morgan fingerprint density at radius 2 is 1.89 bits per heavy atom. The second-order valence-electron chi connectivity index (χ2n) is 4.98. The number of hydrogen-bond acceptors (Lipinski definition) is 3. The van der Waals surface area contributed by atoms with E-state index in [1.54, 1.807) is 6.07 Å². The normalized spacial score (nSPS) is 16.7. The van der Waals surface area contributed by atoms with Gasteiger partial charge in [0, 0.05) is 37.6 Å². The Hall–Kier alpha value is -1.37. The molecule has 0 saturated carbocycles. The lowest BCUT2D eigenvalue weighted by molar-refractivity contribution is 0.468. The Morgan fingerprint density at radius 3 is 2.47 bits per heavy atom. The highest BCUT2D eigenvalue weighted by molar-refractivity contribution is 6.57. The van der Waals surface area contributed by atoms with Crippen molar-refractivity contribution in [1.82, 2.24) is 5.32 Å². The van der Waals surface area contributed by atoms with Crippen molar-refractivity contribution in [3.8, 4) is 0 Å². The molecule has 1 heterocycles. The number of rotatable bonds is 3. The topological polar surface area (TPSA) is 41.3 Å². The van der Waals surface area contributed by atoms with Crippen molar-refractivity contribution in [1.29, 1.82) is 0 Å². The number of piperazine rings is 1. The fourth-order valence-corrected chi connectivity index (χ4v) is 2.40. The van der Waals surface area contributed by atoms with Crippen LogP contribution in [0.2, 0.25) is 0 Å². The highest BCUT2D eigenvalue weighted by Crippen LogP contribution is 2.29. The van der Waals surface area contributed by atoms with Gasteiger partial charge in [0.25, 0.3) is 0 Å². The molecule has 3 N–H and O–H groups in total. The minimum Gasteiger partial charge on any atom is -0.449 e. The van der Waals surface area contributed by atoms with Crippen LogP contribution in [0.15, 0.2) is 12.1 Å². The van der Waals surface area contributed by atoms with Crippen molar-refractivity contribution in [2.75, 3.05) is 36.8 Å². The van der Waals surface area contributed by atoms with Crippen LogP contribution in [0.1, 0.15) is 11.1 Å². The van der Waals surface area contributed by atoms with E-state index in [9.17, 15) is 12.9 Å². The summed E-state index contributed by atoms with van der Waals surface area (Å²) >= 11 is 0. The van der Waals surface area contributed by atoms with Crippen LogP contribution in [0, 0.1) is 6.92 Å². The smallest absolute Gasteiger partial charge is 0.449 e. The molecule has 1 saturated heterocycles. The van der Waals surface area contributed by atoms with Crippen LogP contribution in [0.25, 0.3) is 0 Å². The molecule has 0 radical (unpaired) electrons. The lowest BCUT2D eigenvalue weighted by Crippen LogP contribution is -2.43. The number of halogens is 3. The van der Waals surface area contributed by atoms with Crippen molar-refractivity contribution in [3.05, 3.63) is 23.3 Å². The molecule has 106 valence electrons. The predicted molar refractivity (Wildman–Crippen MR) is 73.5 cm³/mol. The van der Waals surface area contributed by atoms with E-state index in [0.717, 1.165) is 37.4 Å². The first-order valence-corrected chi connectivity index (χ1v) is 6.42. The standard InChI is InChI=1S/C12H18BF3N3/c1-9-11(17)6-10(8-13(14,15)16)7-12(9)19-4-2-18-3-5-19/h6-7,18H,2-5,8,17H2,1H3/q-1. The van der Waals surface area contributed by atoms with Gasteiger partial charge >= 0.3 is 6.98 Å². The first-order chi connectivity index (χ1) is 8.87. The molecule has 0 atom stereocenters. The van der Waals surface area contributed by atoms with Crippen molar-refractivity contribution in [3.63, 3.8) is 0 Å². The van der Waals surface area contributed by atoms with Gasteiger partial charge in [0.15, 0.2) is 0 Å². The number of hydrogen-bond donors (Lipinski definition) is 2. The molecule has 1 fully saturated rings. The maximum atomic E-state index is 12.5. The molecule has 3 nitrogen and oxygen atoms in total. The van der Waals surface area contributed by atoms with E-state index in [1.165, 1.54) is 6.07 Å². The molecule has 0 bridgehead atoms. The molecule has 1 aliphatic heterocycles. The summed E-state index contributed by atoms with van der Waals surface area (Å²) in [6.07, 6.45) is -0.871. The second-order valence-corrected chi connectivity index (χ2v) is 4.98. The molecule has 1 aliphatic rings. The Kier molecular flexibility index (Phi) is 3.94. The Balaban J connectivity index is 2.31. The van der Waals surface area contributed by atoms with Gasteiger partial charge in [-0.1, -0.05) is 11.9 Å². The molecule has 0 amide bonds. The zero-order valence-electron chi connectivity index (χ0n) is 10.9. The average Bonchev–Trinajstić information content (AvgIpc) is 2.33. The molecule has 0 spiro atoms. The molecule has 0 aromatic heterocycles. The van der Waals surface area contributed by atoms with E-state index >= 15 is 0 Å². The SMILES string of the molecule is Cc1c(N)cc(C[B-](F)(F)F)cc1N1CCNCC1. The van der Waals surface area contributed by atoms with Gasteiger partial charge < -0.3 is 28.9 Å². The van der Waals surface area contributed by atoms with Gasteiger partial charge in [-0.3, -0.25) is 0 Å². The summed E-state index contributed by atoms with van der Waals surface area (Å²) in [6.45, 7) is 0.290.